The zero-order valence-electron chi connectivity index (χ0n) is 25.4. The molecular formula is C33H36FN7O4. The molecule has 2 heterocycles. The van der Waals surface area contributed by atoms with Crippen LogP contribution in [0.3, 0.4) is 0 Å². The van der Waals surface area contributed by atoms with Crippen molar-refractivity contribution in [2.24, 2.45) is 0 Å². The molecule has 0 radical (unpaired) electrons. The molecule has 1 atom stereocenters. The summed E-state index contributed by atoms with van der Waals surface area (Å²) in [6.45, 7) is -0.0185. The molecular weight excluding hydrogens is 577 g/mol. The number of tetrazole rings is 1. The average molecular weight is 614 g/mol. The standard InChI is InChI=1S/C33H36FN7O4/c1-39(2)27-15-11-23(12-16-27)31(33(43)35-26-6-4-3-5-7-26)40(19-22-8-17-28-29(18-22)45-21-44-28)30(42)20-41-37-32(36-38-41)24-9-13-25(34)14-10-24/h8-18,26,31H,3-7,19-21H2,1-2H3,(H,35,43)/t31-/m1/s1. The molecule has 1 aliphatic carbocycles. The van der Waals surface area contributed by atoms with Crippen molar-refractivity contribution in [1.82, 2.24) is 30.4 Å². The van der Waals surface area contributed by atoms with Gasteiger partial charge in [-0.25, -0.2) is 4.39 Å². The number of hydrogen-bond acceptors (Lipinski definition) is 8. The van der Waals surface area contributed by atoms with Crippen molar-refractivity contribution in [3.8, 4) is 22.9 Å². The van der Waals surface area contributed by atoms with E-state index in [9.17, 15) is 14.0 Å². The van der Waals surface area contributed by atoms with Crippen molar-refractivity contribution < 1.29 is 23.5 Å². The normalized spacial score (nSPS) is 15.0. The molecule has 45 heavy (non-hydrogen) atoms. The quantitative estimate of drug-likeness (QED) is 0.278. The third-order valence-electron chi connectivity index (χ3n) is 8.18. The van der Waals surface area contributed by atoms with Gasteiger partial charge in [0, 0.05) is 37.9 Å². The van der Waals surface area contributed by atoms with E-state index in [2.05, 4.69) is 20.7 Å². The number of carbonyl (C=O) groups is 2. The molecule has 6 rings (SSSR count). The zero-order valence-corrected chi connectivity index (χ0v) is 25.4. The molecule has 1 fully saturated rings. The van der Waals surface area contributed by atoms with Crippen LogP contribution in [0.15, 0.2) is 66.7 Å². The van der Waals surface area contributed by atoms with E-state index in [1.54, 1.807) is 23.1 Å². The van der Waals surface area contributed by atoms with E-state index in [1.165, 1.54) is 16.9 Å². The van der Waals surface area contributed by atoms with Crippen LogP contribution >= 0.6 is 0 Å². The van der Waals surface area contributed by atoms with Crippen LogP contribution in [0.1, 0.15) is 49.3 Å². The lowest BCUT2D eigenvalue weighted by Crippen LogP contribution is -2.47. The second-order valence-corrected chi connectivity index (χ2v) is 11.6. The van der Waals surface area contributed by atoms with Crippen molar-refractivity contribution in [3.63, 3.8) is 0 Å². The summed E-state index contributed by atoms with van der Waals surface area (Å²) in [5.41, 5.74) is 2.99. The van der Waals surface area contributed by atoms with Crippen molar-refractivity contribution >= 4 is 17.5 Å². The first-order chi connectivity index (χ1) is 21.8. The summed E-state index contributed by atoms with van der Waals surface area (Å²) in [6, 6.07) is 18.0. The van der Waals surface area contributed by atoms with Gasteiger partial charge in [0.15, 0.2) is 11.5 Å². The predicted octanol–water partition coefficient (Wildman–Crippen LogP) is 4.49. The van der Waals surface area contributed by atoms with Gasteiger partial charge in [0.25, 0.3) is 0 Å². The lowest BCUT2D eigenvalue weighted by Gasteiger charge is -2.33. The molecule has 1 aromatic heterocycles. The van der Waals surface area contributed by atoms with E-state index in [4.69, 9.17) is 9.47 Å². The molecule has 1 aliphatic heterocycles. The summed E-state index contributed by atoms with van der Waals surface area (Å²) in [7, 11) is 3.89. The fourth-order valence-corrected chi connectivity index (χ4v) is 5.75. The number of carbonyl (C=O) groups excluding carboxylic acids is 2. The van der Waals surface area contributed by atoms with Crippen LogP contribution < -0.4 is 19.7 Å². The van der Waals surface area contributed by atoms with Crippen LogP contribution in [0.2, 0.25) is 0 Å². The van der Waals surface area contributed by atoms with Gasteiger partial charge >= 0.3 is 0 Å². The number of rotatable bonds is 10. The van der Waals surface area contributed by atoms with E-state index in [1.807, 2.05) is 55.4 Å². The number of benzene rings is 3. The Kier molecular flexibility index (Phi) is 8.90. The van der Waals surface area contributed by atoms with E-state index in [0.717, 1.165) is 43.4 Å². The molecule has 0 spiro atoms. The number of nitrogens with one attached hydrogen (secondary N) is 1. The molecule has 11 nitrogen and oxygen atoms in total. The maximum atomic E-state index is 14.2. The lowest BCUT2D eigenvalue weighted by atomic mass is 9.94. The fourth-order valence-electron chi connectivity index (χ4n) is 5.75. The van der Waals surface area contributed by atoms with Crippen molar-refractivity contribution in [3.05, 3.63) is 83.7 Å². The van der Waals surface area contributed by atoms with E-state index in [-0.39, 0.29) is 49.4 Å². The number of hydrogen-bond donors (Lipinski definition) is 1. The van der Waals surface area contributed by atoms with Gasteiger partial charge in [-0.3, -0.25) is 9.59 Å². The molecule has 234 valence electrons. The summed E-state index contributed by atoms with van der Waals surface area (Å²) in [6.07, 6.45) is 5.08. The Morgan fingerprint density at radius 1 is 0.978 bits per heavy atom. The summed E-state index contributed by atoms with van der Waals surface area (Å²) >= 11 is 0. The second-order valence-electron chi connectivity index (χ2n) is 11.6. The molecule has 0 bridgehead atoms. The molecule has 2 amide bonds. The molecule has 0 unspecified atom stereocenters. The first-order valence-corrected chi connectivity index (χ1v) is 15.1. The molecule has 1 N–H and O–H groups in total. The minimum atomic E-state index is -0.929. The van der Waals surface area contributed by atoms with Crippen molar-refractivity contribution in [2.75, 3.05) is 25.8 Å². The van der Waals surface area contributed by atoms with Gasteiger partial charge in [-0.05, 0) is 77.7 Å². The van der Waals surface area contributed by atoms with E-state index in [0.29, 0.717) is 22.6 Å². The zero-order chi connectivity index (χ0) is 31.3. The van der Waals surface area contributed by atoms with Crippen LogP contribution in [-0.4, -0.2) is 63.9 Å². The number of aromatic nitrogens is 4. The Labute approximate surface area is 260 Å². The topological polar surface area (TPSA) is 115 Å². The molecule has 2 aliphatic rings. The van der Waals surface area contributed by atoms with Gasteiger partial charge in [-0.2, -0.15) is 4.80 Å². The molecule has 0 saturated heterocycles. The van der Waals surface area contributed by atoms with Crippen LogP contribution in [0.5, 0.6) is 11.5 Å². The largest absolute Gasteiger partial charge is 0.454 e. The first kappa shape index (κ1) is 30.0. The maximum Gasteiger partial charge on any atom is 0.247 e. The average Bonchev–Trinajstić information content (AvgIpc) is 3.71. The van der Waals surface area contributed by atoms with Crippen LogP contribution in [0.4, 0.5) is 10.1 Å². The highest BCUT2D eigenvalue weighted by Crippen LogP contribution is 2.34. The summed E-state index contributed by atoms with van der Waals surface area (Å²) in [4.78, 5) is 33.1. The van der Waals surface area contributed by atoms with Gasteiger partial charge in [-0.15, -0.1) is 10.2 Å². The number of nitrogens with zero attached hydrogens (tertiary/aromatic N) is 6. The Balaban J connectivity index is 1.34. The maximum absolute atomic E-state index is 14.2. The third-order valence-corrected chi connectivity index (χ3v) is 8.18. The number of amides is 2. The second kappa shape index (κ2) is 13.3. The minimum Gasteiger partial charge on any atom is -0.454 e. The Bertz CT molecular complexity index is 1640. The Morgan fingerprint density at radius 2 is 1.71 bits per heavy atom. The number of halogens is 1. The Hall–Kier alpha value is -5.00. The number of ether oxygens (including phenoxy) is 2. The van der Waals surface area contributed by atoms with E-state index >= 15 is 0 Å². The summed E-state index contributed by atoms with van der Waals surface area (Å²) in [5.74, 6) is 0.471. The molecule has 1 saturated carbocycles. The number of anilines is 1. The molecule has 4 aromatic rings. The first-order valence-electron chi connectivity index (χ1n) is 15.1. The molecule has 12 heteroatoms. The molecule has 3 aromatic carbocycles. The lowest BCUT2D eigenvalue weighted by molar-refractivity contribution is -0.142. The van der Waals surface area contributed by atoms with Gasteiger partial charge in [0.05, 0.1) is 0 Å². The van der Waals surface area contributed by atoms with E-state index < -0.39 is 6.04 Å². The van der Waals surface area contributed by atoms with Crippen molar-refractivity contribution in [1.29, 1.82) is 0 Å². The van der Waals surface area contributed by atoms with Gasteiger partial charge in [-0.1, -0.05) is 37.5 Å². The Morgan fingerprint density at radius 3 is 2.44 bits per heavy atom. The summed E-state index contributed by atoms with van der Waals surface area (Å²) < 4.78 is 24.5. The smallest absolute Gasteiger partial charge is 0.247 e. The fraction of sp³-hybridized carbons (Fsp3) is 0.364. The monoisotopic (exact) mass is 613 g/mol. The third kappa shape index (κ3) is 7.05. The highest BCUT2D eigenvalue weighted by atomic mass is 19.1. The van der Waals surface area contributed by atoms with Crippen molar-refractivity contribution in [2.45, 2.75) is 57.3 Å². The summed E-state index contributed by atoms with van der Waals surface area (Å²) in [5, 5.41) is 15.8. The minimum absolute atomic E-state index is 0.0487. The predicted molar refractivity (Wildman–Crippen MR) is 165 cm³/mol. The van der Waals surface area contributed by atoms with Crippen LogP contribution in [0, 0.1) is 5.82 Å². The highest BCUT2D eigenvalue weighted by molar-refractivity contribution is 5.89. The van der Waals surface area contributed by atoms with Gasteiger partial charge in [0.1, 0.15) is 18.4 Å². The van der Waals surface area contributed by atoms with Crippen LogP contribution in [0.25, 0.3) is 11.4 Å². The van der Waals surface area contributed by atoms with Gasteiger partial charge in [0.2, 0.25) is 24.4 Å². The van der Waals surface area contributed by atoms with Crippen LogP contribution in [-0.2, 0) is 22.7 Å². The highest BCUT2D eigenvalue weighted by Gasteiger charge is 2.34. The van der Waals surface area contributed by atoms with Gasteiger partial charge < -0.3 is 24.6 Å². The number of fused-ring (bicyclic) bond motifs is 1. The SMILES string of the molecule is CN(C)c1ccc([C@H](C(=O)NC2CCCCC2)N(Cc2ccc3c(c2)OCO3)C(=O)Cn2nnc(-c3ccc(F)cc3)n2)cc1.